The standard InChI is InChI=1S/C30H49N5O3/c1-5-6-9-24-10-7-8-11-25(24)20-35-21-30(38-29(35)37)14-18-33(19-15-30)26-12-16-34(17-13-26)28(36)27-22(2)31-32(4)23(27)3/h24-26H,5-21H2,1-4H3. The van der Waals surface area contributed by atoms with Crippen molar-refractivity contribution in [3.05, 3.63) is 17.0 Å². The molecule has 0 N–H and O–H groups in total. The molecular weight excluding hydrogens is 478 g/mol. The molecule has 8 nitrogen and oxygen atoms in total. The number of amides is 2. The lowest BCUT2D eigenvalue weighted by Crippen LogP contribution is -2.53. The van der Waals surface area contributed by atoms with Gasteiger partial charge in [-0.3, -0.25) is 14.4 Å². The summed E-state index contributed by atoms with van der Waals surface area (Å²) in [6, 6.07) is 0.502. The summed E-state index contributed by atoms with van der Waals surface area (Å²) in [5, 5.41) is 4.43. The second-order valence-corrected chi connectivity index (χ2v) is 12.6. The molecule has 4 fully saturated rings. The van der Waals surface area contributed by atoms with E-state index in [1.54, 1.807) is 4.68 Å². The Kier molecular flexibility index (Phi) is 8.36. The van der Waals surface area contributed by atoms with Gasteiger partial charge in [0.15, 0.2) is 0 Å². The average Bonchev–Trinajstić information content (AvgIpc) is 3.36. The lowest BCUT2D eigenvalue weighted by molar-refractivity contribution is -0.0175. The van der Waals surface area contributed by atoms with E-state index >= 15 is 0 Å². The SMILES string of the molecule is CCCCC1CCCCC1CN1CC2(CCN(C3CCN(C(=O)c4c(C)nn(C)c4C)CC3)CC2)OC1=O. The first kappa shape index (κ1) is 27.5. The molecule has 3 aliphatic heterocycles. The van der Waals surface area contributed by atoms with E-state index in [2.05, 4.69) is 21.8 Å². The maximum Gasteiger partial charge on any atom is 0.410 e. The van der Waals surface area contributed by atoms with Crippen molar-refractivity contribution in [1.82, 2.24) is 24.5 Å². The molecule has 212 valence electrons. The molecule has 1 aromatic rings. The molecule has 0 radical (unpaired) electrons. The van der Waals surface area contributed by atoms with Gasteiger partial charge in [0.05, 0.1) is 17.8 Å². The third kappa shape index (κ3) is 5.61. The Morgan fingerprint density at radius 1 is 1.03 bits per heavy atom. The van der Waals surface area contributed by atoms with Crippen LogP contribution in [0.25, 0.3) is 0 Å². The van der Waals surface area contributed by atoms with Crippen molar-refractivity contribution in [2.24, 2.45) is 18.9 Å². The van der Waals surface area contributed by atoms with Crippen LogP contribution in [0.3, 0.4) is 0 Å². The molecule has 2 amide bonds. The molecule has 1 aliphatic carbocycles. The number of ether oxygens (including phenoxy) is 1. The smallest absolute Gasteiger partial charge is 0.410 e. The molecule has 1 spiro atoms. The summed E-state index contributed by atoms with van der Waals surface area (Å²) in [6.07, 6.45) is 12.9. The fourth-order valence-electron chi connectivity index (χ4n) is 7.72. The topological polar surface area (TPSA) is 70.9 Å². The van der Waals surface area contributed by atoms with Crippen LogP contribution in [0.2, 0.25) is 0 Å². The number of hydrogen-bond donors (Lipinski definition) is 0. The molecule has 1 aromatic heterocycles. The van der Waals surface area contributed by atoms with Gasteiger partial charge in [-0.1, -0.05) is 45.4 Å². The van der Waals surface area contributed by atoms with Crippen molar-refractivity contribution in [3.8, 4) is 0 Å². The van der Waals surface area contributed by atoms with E-state index in [9.17, 15) is 9.59 Å². The molecule has 0 bridgehead atoms. The van der Waals surface area contributed by atoms with Gasteiger partial charge in [0, 0.05) is 64.3 Å². The number of carbonyl (C=O) groups excluding carboxylic acids is 2. The Morgan fingerprint density at radius 3 is 2.34 bits per heavy atom. The van der Waals surface area contributed by atoms with Crippen LogP contribution in [0.1, 0.15) is 99.3 Å². The zero-order chi connectivity index (χ0) is 26.9. The van der Waals surface area contributed by atoms with Crippen LogP contribution >= 0.6 is 0 Å². The van der Waals surface area contributed by atoms with E-state index in [1.165, 1.54) is 44.9 Å². The lowest BCUT2D eigenvalue weighted by atomic mass is 9.76. The number of carbonyl (C=O) groups is 2. The lowest BCUT2D eigenvalue weighted by Gasteiger charge is -2.44. The largest absolute Gasteiger partial charge is 0.441 e. The van der Waals surface area contributed by atoms with Gasteiger partial charge in [0.2, 0.25) is 0 Å². The van der Waals surface area contributed by atoms with Gasteiger partial charge in [-0.25, -0.2) is 4.79 Å². The third-order valence-corrected chi connectivity index (χ3v) is 10.2. The van der Waals surface area contributed by atoms with Gasteiger partial charge in [0.1, 0.15) is 5.60 Å². The van der Waals surface area contributed by atoms with Gasteiger partial charge in [0.25, 0.3) is 5.91 Å². The zero-order valence-corrected chi connectivity index (χ0v) is 24.2. The van der Waals surface area contributed by atoms with E-state index in [-0.39, 0.29) is 17.6 Å². The van der Waals surface area contributed by atoms with Crippen molar-refractivity contribution in [3.63, 3.8) is 0 Å². The van der Waals surface area contributed by atoms with Gasteiger partial charge in [-0.05, 0) is 44.9 Å². The van der Waals surface area contributed by atoms with Crippen molar-refractivity contribution in [2.45, 2.75) is 103 Å². The Morgan fingerprint density at radius 2 is 1.71 bits per heavy atom. The van der Waals surface area contributed by atoms with Crippen molar-refractivity contribution < 1.29 is 14.3 Å². The molecule has 2 atom stereocenters. The molecule has 4 heterocycles. The molecule has 38 heavy (non-hydrogen) atoms. The number of aromatic nitrogens is 2. The van der Waals surface area contributed by atoms with Crippen LogP contribution in [0.4, 0.5) is 4.79 Å². The highest BCUT2D eigenvalue weighted by Crippen LogP contribution is 2.39. The fraction of sp³-hybridized carbons (Fsp3) is 0.833. The maximum absolute atomic E-state index is 13.2. The van der Waals surface area contributed by atoms with Crippen molar-refractivity contribution >= 4 is 12.0 Å². The summed E-state index contributed by atoms with van der Waals surface area (Å²) >= 11 is 0. The molecule has 0 aromatic carbocycles. The number of likely N-dealkylation sites (tertiary alicyclic amines) is 2. The first-order chi connectivity index (χ1) is 18.3. The average molecular weight is 528 g/mol. The number of hydrogen-bond acceptors (Lipinski definition) is 5. The van der Waals surface area contributed by atoms with E-state index in [4.69, 9.17) is 4.74 Å². The minimum atomic E-state index is -0.298. The summed E-state index contributed by atoms with van der Waals surface area (Å²) in [5.74, 6) is 1.54. The predicted octanol–water partition coefficient (Wildman–Crippen LogP) is 4.92. The normalized spacial score (nSPS) is 26.8. The van der Waals surface area contributed by atoms with Crippen LogP contribution in [-0.4, -0.2) is 87.4 Å². The molecule has 2 unspecified atom stereocenters. The Bertz CT molecular complexity index is 990. The highest BCUT2D eigenvalue weighted by molar-refractivity contribution is 5.96. The summed E-state index contributed by atoms with van der Waals surface area (Å²) in [6.45, 7) is 11.4. The second-order valence-electron chi connectivity index (χ2n) is 12.6. The molecule has 5 rings (SSSR count). The van der Waals surface area contributed by atoms with Gasteiger partial charge < -0.3 is 14.5 Å². The van der Waals surface area contributed by atoms with Crippen LogP contribution in [-0.2, 0) is 11.8 Å². The number of unbranched alkanes of at least 4 members (excludes halogenated alkanes) is 1. The molecule has 4 aliphatic rings. The third-order valence-electron chi connectivity index (χ3n) is 10.2. The van der Waals surface area contributed by atoms with Crippen LogP contribution < -0.4 is 0 Å². The Hall–Kier alpha value is -2.09. The number of piperidine rings is 2. The Balaban J connectivity index is 1.10. The minimum absolute atomic E-state index is 0.0777. The van der Waals surface area contributed by atoms with Gasteiger partial charge >= 0.3 is 6.09 Å². The highest BCUT2D eigenvalue weighted by Gasteiger charge is 2.48. The highest BCUT2D eigenvalue weighted by atomic mass is 16.6. The van der Waals surface area contributed by atoms with E-state index in [0.717, 1.165) is 87.8 Å². The van der Waals surface area contributed by atoms with Crippen molar-refractivity contribution in [2.75, 3.05) is 39.3 Å². The Labute approximate surface area is 229 Å². The first-order valence-electron chi connectivity index (χ1n) is 15.3. The summed E-state index contributed by atoms with van der Waals surface area (Å²) in [4.78, 5) is 32.8. The molecule has 8 heteroatoms. The molecule has 3 saturated heterocycles. The van der Waals surface area contributed by atoms with E-state index in [1.807, 2.05) is 25.8 Å². The fourth-order valence-corrected chi connectivity index (χ4v) is 7.72. The second kappa shape index (κ2) is 11.6. The number of nitrogens with zero attached hydrogens (tertiary/aromatic N) is 5. The van der Waals surface area contributed by atoms with Crippen LogP contribution in [0.5, 0.6) is 0 Å². The van der Waals surface area contributed by atoms with Crippen LogP contribution in [0.15, 0.2) is 0 Å². The van der Waals surface area contributed by atoms with E-state index < -0.39 is 0 Å². The van der Waals surface area contributed by atoms with Crippen molar-refractivity contribution in [1.29, 1.82) is 0 Å². The summed E-state index contributed by atoms with van der Waals surface area (Å²) in [7, 11) is 1.90. The summed E-state index contributed by atoms with van der Waals surface area (Å²) < 4.78 is 7.92. The maximum atomic E-state index is 13.2. The molecular formula is C30H49N5O3. The van der Waals surface area contributed by atoms with Gasteiger partial charge in [-0.15, -0.1) is 0 Å². The zero-order valence-electron chi connectivity index (χ0n) is 24.2. The van der Waals surface area contributed by atoms with Crippen LogP contribution in [0, 0.1) is 25.7 Å². The molecule has 1 saturated carbocycles. The number of rotatable bonds is 7. The quantitative estimate of drug-likeness (QED) is 0.503. The monoisotopic (exact) mass is 527 g/mol. The predicted molar refractivity (Wildman–Crippen MR) is 148 cm³/mol. The first-order valence-corrected chi connectivity index (χ1v) is 15.3. The minimum Gasteiger partial charge on any atom is -0.441 e. The van der Waals surface area contributed by atoms with Gasteiger partial charge in [-0.2, -0.15) is 5.10 Å². The van der Waals surface area contributed by atoms with E-state index in [0.29, 0.717) is 12.0 Å². The summed E-state index contributed by atoms with van der Waals surface area (Å²) in [5.41, 5.74) is 2.23. The number of aryl methyl sites for hydroxylation is 2.